The van der Waals surface area contributed by atoms with Crippen molar-refractivity contribution in [2.24, 2.45) is 0 Å². The van der Waals surface area contributed by atoms with Crippen molar-refractivity contribution in [3.63, 3.8) is 0 Å². The lowest BCUT2D eigenvalue weighted by atomic mass is 10.0. The van der Waals surface area contributed by atoms with Crippen molar-refractivity contribution in [3.8, 4) is 5.75 Å². The second kappa shape index (κ2) is 5.80. The molecule has 0 saturated heterocycles. The van der Waals surface area contributed by atoms with Crippen molar-refractivity contribution in [1.29, 1.82) is 0 Å². The minimum absolute atomic E-state index is 0.139. The number of likely N-dealkylation sites (N-methyl/N-ethyl adjacent to an activating group) is 1. The number of amides is 1. The molecular formula is C13H18N2O4S. The van der Waals surface area contributed by atoms with Gasteiger partial charge in [0.15, 0.2) is 0 Å². The standard InChI is InChI=1S/C13H18N2O4S/c1-15(20(2,17)18)9-13(16)14-11-7-8-19-12-6-4-3-5-10(11)12/h3-6,11H,7-9H2,1-2H3,(H,14,16). The van der Waals surface area contributed by atoms with E-state index in [4.69, 9.17) is 4.74 Å². The summed E-state index contributed by atoms with van der Waals surface area (Å²) in [4.78, 5) is 11.9. The molecule has 1 amide bonds. The fraction of sp³-hybridized carbons (Fsp3) is 0.462. The molecular weight excluding hydrogens is 280 g/mol. The molecule has 1 aromatic carbocycles. The number of fused-ring (bicyclic) bond motifs is 1. The molecule has 0 aromatic heterocycles. The summed E-state index contributed by atoms with van der Waals surface area (Å²) in [5, 5.41) is 2.85. The van der Waals surface area contributed by atoms with Crippen LogP contribution >= 0.6 is 0 Å². The highest BCUT2D eigenvalue weighted by molar-refractivity contribution is 7.88. The molecule has 0 saturated carbocycles. The second-order valence-corrected chi connectivity index (χ2v) is 6.90. The number of carbonyl (C=O) groups is 1. The number of nitrogens with one attached hydrogen (secondary N) is 1. The van der Waals surface area contributed by atoms with Crippen LogP contribution < -0.4 is 10.1 Å². The largest absolute Gasteiger partial charge is 0.493 e. The van der Waals surface area contributed by atoms with E-state index in [0.29, 0.717) is 13.0 Å². The molecule has 0 radical (unpaired) electrons. The van der Waals surface area contributed by atoms with E-state index in [2.05, 4.69) is 5.32 Å². The molecule has 0 fully saturated rings. The molecule has 110 valence electrons. The van der Waals surface area contributed by atoms with Crippen LogP contribution in [0.5, 0.6) is 5.75 Å². The SMILES string of the molecule is CN(CC(=O)NC1CCOc2ccccc21)S(C)(=O)=O. The summed E-state index contributed by atoms with van der Waals surface area (Å²) >= 11 is 0. The van der Waals surface area contributed by atoms with E-state index >= 15 is 0 Å². The van der Waals surface area contributed by atoms with E-state index in [9.17, 15) is 13.2 Å². The third kappa shape index (κ3) is 3.49. The first-order valence-corrected chi connectivity index (χ1v) is 8.15. The summed E-state index contributed by atoms with van der Waals surface area (Å²) in [7, 11) is -1.97. The number of benzene rings is 1. The summed E-state index contributed by atoms with van der Waals surface area (Å²) in [5.41, 5.74) is 0.925. The van der Waals surface area contributed by atoms with E-state index in [1.54, 1.807) is 0 Å². The predicted molar refractivity (Wildman–Crippen MR) is 74.9 cm³/mol. The van der Waals surface area contributed by atoms with Crippen molar-refractivity contribution >= 4 is 15.9 Å². The van der Waals surface area contributed by atoms with Gasteiger partial charge in [0, 0.05) is 19.0 Å². The Labute approximate surface area is 118 Å². The second-order valence-electron chi connectivity index (χ2n) is 4.81. The average Bonchev–Trinajstić information content (AvgIpc) is 2.38. The lowest BCUT2D eigenvalue weighted by Gasteiger charge is -2.27. The van der Waals surface area contributed by atoms with Crippen LogP contribution in [0.1, 0.15) is 18.0 Å². The Morgan fingerprint density at radius 2 is 2.15 bits per heavy atom. The number of ether oxygens (including phenoxy) is 1. The van der Waals surface area contributed by atoms with E-state index in [1.165, 1.54) is 7.05 Å². The molecule has 1 N–H and O–H groups in total. The predicted octanol–water partition coefficient (Wildman–Crippen LogP) is 0.518. The van der Waals surface area contributed by atoms with Gasteiger partial charge in [-0.1, -0.05) is 18.2 Å². The first-order chi connectivity index (χ1) is 9.38. The van der Waals surface area contributed by atoms with Gasteiger partial charge in [-0.25, -0.2) is 8.42 Å². The van der Waals surface area contributed by atoms with Gasteiger partial charge in [-0.2, -0.15) is 4.31 Å². The van der Waals surface area contributed by atoms with Gasteiger partial charge in [-0.3, -0.25) is 4.79 Å². The van der Waals surface area contributed by atoms with Crippen LogP contribution in [0.15, 0.2) is 24.3 Å². The maximum atomic E-state index is 11.9. The molecule has 20 heavy (non-hydrogen) atoms. The maximum absolute atomic E-state index is 11.9. The normalized spacial score (nSPS) is 18.2. The van der Waals surface area contributed by atoms with Gasteiger partial charge in [0.05, 0.1) is 25.4 Å². The fourth-order valence-corrected chi connectivity index (χ4v) is 2.40. The highest BCUT2D eigenvalue weighted by Gasteiger charge is 2.24. The minimum Gasteiger partial charge on any atom is -0.493 e. The van der Waals surface area contributed by atoms with Crippen molar-refractivity contribution < 1.29 is 17.9 Å². The van der Waals surface area contributed by atoms with Gasteiger partial charge >= 0.3 is 0 Å². The van der Waals surface area contributed by atoms with Gasteiger partial charge in [0.2, 0.25) is 15.9 Å². The van der Waals surface area contributed by atoms with Crippen LogP contribution in [0.25, 0.3) is 0 Å². The van der Waals surface area contributed by atoms with Gasteiger partial charge < -0.3 is 10.1 Å². The topological polar surface area (TPSA) is 75.7 Å². The third-order valence-corrected chi connectivity index (χ3v) is 4.49. The highest BCUT2D eigenvalue weighted by Crippen LogP contribution is 2.31. The zero-order valence-corrected chi connectivity index (χ0v) is 12.3. The van der Waals surface area contributed by atoms with Gasteiger partial charge in [-0.15, -0.1) is 0 Å². The monoisotopic (exact) mass is 298 g/mol. The maximum Gasteiger partial charge on any atom is 0.235 e. The molecule has 0 aliphatic carbocycles. The van der Waals surface area contributed by atoms with Crippen LogP contribution in [0.3, 0.4) is 0 Å². The molecule has 1 atom stereocenters. The van der Waals surface area contributed by atoms with Crippen LogP contribution in [0.4, 0.5) is 0 Å². The van der Waals surface area contributed by atoms with Crippen LogP contribution in [0, 0.1) is 0 Å². The molecule has 7 heteroatoms. The van der Waals surface area contributed by atoms with E-state index < -0.39 is 10.0 Å². The van der Waals surface area contributed by atoms with Crippen LogP contribution in [-0.4, -0.2) is 45.1 Å². The van der Waals surface area contributed by atoms with E-state index in [-0.39, 0.29) is 18.5 Å². The lowest BCUT2D eigenvalue weighted by Crippen LogP contribution is -2.40. The summed E-state index contributed by atoms with van der Waals surface area (Å²) < 4.78 is 29.1. The summed E-state index contributed by atoms with van der Waals surface area (Å²) in [6.45, 7) is 0.349. The van der Waals surface area contributed by atoms with E-state index in [1.807, 2.05) is 24.3 Å². The lowest BCUT2D eigenvalue weighted by molar-refractivity contribution is -0.122. The van der Waals surface area contributed by atoms with Gasteiger partial charge in [0.1, 0.15) is 5.75 Å². The Kier molecular flexibility index (Phi) is 4.29. The number of hydrogen-bond acceptors (Lipinski definition) is 4. The number of hydrogen-bond donors (Lipinski definition) is 1. The van der Waals surface area contributed by atoms with Crippen LogP contribution in [-0.2, 0) is 14.8 Å². The third-order valence-electron chi connectivity index (χ3n) is 3.23. The molecule has 1 aliphatic heterocycles. The van der Waals surface area contributed by atoms with Gasteiger partial charge in [-0.05, 0) is 6.07 Å². The van der Waals surface area contributed by atoms with E-state index in [0.717, 1.165) is 21.9 Å². The highest BCUT2D eigenvalue weighted by atomic mass is 32.2. The Hall–Kier alpha value is -1.60. The minimum atomic E-state index is -3.35. The number of sulfonamides is 1. The van der Waals surface area contributed by atoms with Crippen molar-refractivity contribution in [3.05, 3.63) is 29.8 Å². The quantitative estimate of drug-likeness (QED) is 0.879. The zero-order chi connectivity index (χ0) is 14.8. The Morgan fingerprint density at radius 3 is 2.85 bits per heavy atom. The number of rotatable bonds is 4. The van der Waals surface area contributed by atoms with Gasteiger partial charge in [0.25, 0.3) is 0 Å². The Balaban J connectivity index is 2.03. The average molecular weight is 298 g/mol. The Morgan fingerprint density at radius 1 is 1.45 bits per heavy atom. The van der Waals surface area contributed by atoms with Crippen molar-refractivity contribution in [1.82, 2.24) is 9.62 Å². The molecule has 0 bridgehead atoms. The molecule has 0 spiro atoms. The smallest absolute Gasteiger partial charge is 0.235 e. The molecule has 6 nitrogen and oxygen atoms in total. The zero-order valence-electron chi connectivity index (χ0n) is 11.5. The number of para-hydroxylation sites is 1. The first kappa shape index (κ1) is 14.8. The fourth-order valence-electron chi connectivity index (χ4n) is 2.05. The molecule has 2 rings (SSSR count). The molecule has 1 aromatic rings. The summed E-state index contributed by atoms with van der Waals surface area (Å²) in [6, 6.07) is 7.38. The molecule has 1 heterocycles. The van der Waals surface area contributed by atoms with Crippen molar-refractivity contribution in [2.75, 3.05) is 26.5 Å². The van der Waals surface area contributed by atoms with Crippen LogP contribution in [0.2, 0.25) is 0 Å². The Bertz CT molecular complexity index is 600. The molecule has 1 unspecified atom stereocenters. The number of carbonyl (C=O) groups excluding carboxylic acids is 1. The summed E-state index contributed by atoms with van der Waals surface area (Å²) in [5.74, 6) is 0.445. The molecule has 1 aliphatic rings. The number of nitrogens with zero attached hydrogens (tertiary/aromatic N) is 1. The van der Waals surface area contributed by atoms with Crippen molar-refractivity contribution in [2.45, 2.75) is 12.5 Å². The first-order valence-electron chi connectivity index (χ1n) is 6.30. The summed E-state index contributed by atoms with van der Waals surface area (Å²) in [6.07, 6.45) is 1.75.